The molecule has 0 unspecified atom stereocenters. The van der Waals surface area contributed by atoms with Crippen LogP contribution in [0.4, 0.5) is 5.69 Å². The zero-order chi connectivity index (χ0) is 13.0. The highest BCUT2D eigenvalue weighted by Gasteiger charge is 2.12. The zero-order valence-corrected chi connectivity index (χ0v) is 9.16. The fourth-order valence-corrected chi connectivity index (χ4v) is 1.39. The Morgan fingerprint density at radius 1 is 1.17 bits per heavy atom. The minimum Gasteiger partial charge on any atom is -0.543 e. The highest BCUT2D eigenvalue weighted by Crippen LogP contribution is 2.09. The molecule has 0 spiro atoms. The molecule has 0 aliphatic heterocycles. The summed E-state index contributed by atoms with van der Waals surface area (Å²) in [5.41, 5.74) is 0.0240. The highest BCUT2D eigenvalue weighted by atomic mass is 16.4. The lowest BCUT2D eigenvalue weighted by molar-refractivity contribution is -0.255. The number of carboxylic acid groups (broad SMARTS) is 1. The monoisotopic (exact) mass is 242 g/mol. The van der Waals surface area contributed by atoms with Crippen LogP contribution in [0.1, 0.15) is 20.8 Å². The molecule has 0 atom stereocenters. The number of nitrogens with zero attached hydrogens (tertiary/aromatic N) is 2. The zero-order valence-electron chi connectivity index (χ0n) is 9.16. The van der Waals surface area contributed by atoms with Gasteiger partial charge in [0.15, 0.2) is 0 Å². The normalized spacial score (nSPS) is 9.78. The van der Waals surface area contributed by atoms with Crippen LogP contribution < -0.4 is 10.4 Å². The van der Waals surface area contributed by atoms with E-state index in [-0.39, 0.29) is 11.3 Å². The van der Waals surface area contributed by atoms with Crippen LogP contribution in [-0.4, -0.2) is 21.8 Å². The molecule has 18 heavy (non-hydrogen) atoms. The van der Waals surface area contributed by atoms with Crippen molar-refractivity contribution in [2.45, 2.75) is 0 Å². The maximum Gasteiger partial charge on any atom is 0.257 e. The van der Waals surface area contributed by atoms with Gasteiger partial charge in [0.05, 0.1) is 29.1 Å². The average molecular weight is 242 g/mol. The summed E-state index contributed by atoms with van der Waals surface area (Å²) in [4.78, 5) is 30.1. The van der Waals surface area contributed by atoms with E-state index in [2.05, 4.69) is 15.3 Å². The van der Waals surface area contributed by atoms with Gasteiger partial charge >= 0.3 is 0 Å². The van der Waals surface area contributed by atoms with Crippen molar-refractivity contribution < 1.29 is 14.7 Å². The van der Waals surface area contributed by atoms with Crippen molar-refractivity contribution in [3.8, 4) is 0 Å². The SMILES string of the molecule is O=C(Nc1cccnc1)c1cccnc1C(=O)[O-]. The number of hydrogen-bond donors (Lipinski definition) is 1. The lowest BCUT2D eigenvalue weighted by atomic mass is 10.2. The molecule has 0 saturated carbocycles. The molecule has 2 rings (SSSR count). The third-order valence-electron chi connectivity index (χ3n) is 2.17. The second-order valence-corrected chi connectivity index (χ2v) is 3.38. The predicted molar refractivity (Wildman–Crippen MR) is 60.8 cm³/mol. The Kier molecular flexibility index (Phi) is 3.29. The quantitative estimate of drug-likeness (QED) is 0.823. The van der Waals surface area contributed by atoms with Gasteiger partial charge in [-0.15, -0.1) is 0 Å². The summed E-state index contributed by atoms with van der Waals surface area (Å²) in [6.45, 7) is 0. The predicted octanol–water partition coefficient (Wildman–Crippen LogP) is 0.0924. The Morgan fingerprint density at radius 2 is 1.94 bits per heavy atom. The molecule has 0 saturated heterocycles. The number of aromatic nitrogens is 2. The third-order valence-corrected chi connectivity index (χ3v) is 2.17. The molecule has 0 aliphatic carbocycles. The van der Waals surface area contributed by atoms with Crippen LogP contribution >= 0.6 is 0 Å². The molecule has 1 amide bonds. The van der Waals surface area contributed by atoms with E-state index in [1.165, 1.54) is 24.5 Å². The van der Waals surface area contributed by atoms with E-state index in [0.717, 1.165) is 0 Å². The molecule has 2 aromatic rings. The lowest BCUT2D eigenvalue weighted by Gasteiger charge is -2.09. The van der Waals surface area contributed by atoms with Crippen molar-refractivity contribution >= 4 is 17.6 Å². The summed E-state index contributed by atoms with van der Waals surface area (Å²) in [6, 6.07) is 6.13. The largest absolute Gasteiger partial charge is 0.543 e. The van der Waals surface area contributed by atoms with E-state index in [4.69, 9.17) is 0 Å². The number of amides is 1. The van der Waals surface area contributed by atoms with Gasteiger partial charge in [0.2, 0.25) is 0 Å². The summed E-state index contributed by atoms with van der Waals surface area (Å²) in [6.07, 6.45) is 4.30. The van der Waals surface area contributed by atoms with Gasteiger partial charge in [-0.25, -0.2) is 0 Å². The van der Waals surface area contributed by atoms with Crippen molar-refractivity contribution in [3.63, 3.8) is 0 Å². The number of anilines is 1. The van der Waals surface area contributed by atoms with Crippen LogP contribution in [0.3, 0.4) is 0 Å². The standard InChI is InChI=1S/C12H9N3O3/c16-11(15-8-3-1-5-13-7-8)9-4-2-6-14-10(9)12(17)18/h1-7H,(H,15,16)(H,17,18)/p-1. The van der Waals surface area contributed by atoms with Gasteiger partial charge in [0.25, 0.3) is 5.91 Å². The fraction of sp³-hybridized carbons (Fsp3) is 0. The van der Waals surface area contributed by atoms with Crippen molar-refractivity contribution in [2.75, 3.05) is 5.32 Å². The summed E-state index contributed by atoms with van der Waals surface area (Å²) >= 11 is 0. The molecular formula is C12H8N3O3-. The molecule has 0 bridgehead atoms. The minimum absolute atomic E-state index is 0.0543. The number of aromatic carboxylic acids is 1. The van der Waals surface area contributed by atoms with E-state index < -0.39 is 11.9 Å². The van der Waals surface area contributed by atoms with Gasteiger partial charge in [-0.05, 0) is 24.3 Å². The fourth-order valence-electron chi connectivity index (χ4n) is 1.39. The number of carboxylic acids is 1. The van der Waals surface area contributed by atoms with Crippen LogP contribution in [0.15, 0.2) is 42.9 Å². The minimum atomic E-state index is -1.49. The van der Waals surface area contributed by atoms with E-state index in [1.807, 2.05) is 0 Å². The molecule has 0 aromatic carbocycles. The first kappa shape index (κ1) is 11.7. The Labute approximate surface area is 102 Å². The molecule has 6 heteroatoms. The van der Waals surface area contributed by atoms with Gasteiger partial charge in [0.1, 0.15) is 0 Å². The molecule has 0 radical (unpaired) electrons. The molecule has 2 heterocycles. The van der Waals surface area contributed by atoms with Gasteiger partial charge in [-0.2, -0.15) is 0 Å². The molecular weight excluding hydrogens is 234 g/mol. The Balaban J connectivity index is 2.27. The second kappa shape index (κ2) is 5.05. The number of nitrogens with one attached hydrogen (secondary N) is 1. The van der Waals surface area contributed by atoms with E-state index >= 15 is 0 Å². The van der Waals surface area contributed by atoms with Crippen LogP contribution in [0.2, 0.25) is 0 Å². The lowest BCUT2D eigenvalue weighted by Crippen LogP contribution is -2.27. The van der Waals surface area contributed by atoms with Crippen LogP contribution in [0.5, 0.6) is 0 Å². The van der Waals surface area contributed by atoms with Gasteiger partial charge in [0, 0.05) is 12.4 Å². The van der Waals surface area contributed by atoms with E-state index in [9.17, 15) is 14.7 Å². The average Bonchev–Trinajstić information content (AvgIpc) is 2.40. The van der Waals surface area contributed by atoms with Crippen LogP contribution in [0.25, 0.3) is 0 Å². The van der Waals surface area contributed by atoms with E-state index in [0.29, 0.717) is 5.69 Å². The number of carbonyl (C=O) groups excluding carboxylic acids is 2. The molecule has 0 fully saturated rings. The summed E-state index contributed by atoms with van der Waals surface area (Å²) < 4.78 is 0. The smallest absolute Gasteiger partial charge is 0.257 e. The van der Waals surface area contributed by atoms with Crippen molar-refractivity contribution in [1.29, 1.82) is 0 Å². The Hall–Kier alpha value is -2.76. The third kappa shape index (κ3) is 2.49. The topological polar surface area (TPSA) is 95.0 Å². The van der Waals surface area contributed by atoms with Crippen molar-refractivity contribution in [2.24, 2.45) is 0 Å². The van der Waals surface area contributed by atoms with Gasteiger partial charge < -0.3 is 15.2 Å². The van der Waals surface area contributed by atoms with Crippen LogP contribution in [0, 0.1) is 0 Å². The first-order valence-electron chi connectivity index (χ1n) is 5.06. The second-order valence-electron chi connectivity index (χ2n) is 3.38. The van der Waals surface area contributed by atoms with Crippen LogP contribution in [-0.2, 0) is 0 Å². The number of carbonyl (C=O) groups is 2. The number of hydrogen-bond acceptors (Lipinski definition) is 5. The van der Waals surface area contributed by atoms with Crippen molar-refractivity contribution in [3.05, 3.63) is 54.1 Å². The maximum absolute atomic E-state index is 11.9. The molecule has 2 aromatic heterocycles. The molecule has 6 nitrogen and oxygen atoms in total. The Morgan fingerprint density at radius 3 is 2.61 bits per heavy atom. The van der Waals surface area contributed by atoms with Crippen molar-refractivity contribution in [1.82, 2.24) is 9.97 Å². The number of rotatable bonds is 3. The Bertz CT molecular complexity index is 584. The highest BCUT2D eigenvalue weighted by molar-refractivity contribution is 6.09. The molecule has 90 valence electrons. The molecule has 0 aliphatic rings. The maximum atomic E-state index is 11.9. The summed E-state index contributed by atoms with van der Waals surface area (Å²) in [5, 5.41) is 13.3. The molecule has 1 N–H and O–H groups in total. The first-order chi connectivity index (χ1) is 8.68. The van der Waals surface area contributed by atoms with E-state index in [1.54, 1.807) is 18.3 Å². The van der Waals surface area contributed by atoms with Gasteiger partial charge in [-0.1, -0.05) is 0 Å². The first-order valence-corrected chi connectivity index (χ1v) is 5.06. The van der Waals surface area contributed by atoms with Gasteiger partial charge in [-0.3, -0.25) is 14.8 Å². The summed E-state index contributed by atoms with van der Waals surface area (Å²) in [5.74, 6) is -2.07. The number of pyridine rings is 2. The summed E-state index contributed by atoms with van der Waals surface area (Å²) in [7, 11) is 0.